The Labute approximate surface area is 272 Å². The number of para-hydroxylation sites is 1. The van der Waals surface area contributed by atoms with Crippen molar-refractivity contribution in [1.82, 2.24) is 10.2 Å². The fourth-order valence-electron chi connectivity index (χ4n) is 4.69. The van der Waals surface area contributed by atoms with E-state index in [1.165, 1.54) is 75.7 Å². The summed E-state index contributed by atoms with van der Waals surface area (Å²) < 4.78 is 32.7. The van der Waals surface area contributed by atoms with Crippen molar-refractivity contribution in [3.63, 3.8) is 0 Å². The van der Waals surface area contributed by atoms with Gasteiger partial charge in [-0.1, -0.05) is 75.2 Å². The molecule has 2 saturated heterocycles. The first-order valence-electron chi connectivity index (χ1n) is 15.4. The molecule has 3 unspecified atom stereocenters. The molecule has 2 aliphatic heterocycles. The maximum atomic E-state index is 12.8. The van der Waals surface area contributed by atoms with Crippen molar-refractivity contribution < 1.29 is 27.8 Å². The van der Waals surface area contributed by atoms with Gasteiger partial charge in [0, 0.05) is 29.9 Å². The zero-order valence-electron chi connectivity index (χ0n) is 27.9. The smallest absolute Gasteiger partial charge is 0.408 e. The van der Waals surface area contributed by atoms with Gasteiger partial charge in [0.25, 0.3) is 0 Å². The summed E-state index contributed by atoms with van der Waals surface area (Å²) in [5.41, 5.74) is 3.33. The Kier molecular flexibility index (Phi) is 24.3. The second kappa shape index (κ2) is 26.1. The number of allylic oxidation sites excluding steroid dienone is 6. The summed E-state index contributed by atoms with van der Waals surface area (Å²) in [4.78, 5) is 25.8. The number of hydrogen-bond acceptors (Lipinski definition) is 6. The van der Waals surface area contributed by atoms with Crippen LogP contribution in [0.5, 0.6) is 5.75 Å². The number of nitrogens with one attached hydrogen (secondary N) is 1. The Hall–Kier alpha value is -3.16. The lowest BCUT2D eigenvalue weighted by Gasteiger charge is -2.28. The molecule has 0 bridgehead atoms. The highest BCUT2D eigenvalue weighted by molar-refractivity contribution is 7.20. The van der Waals surface area contributed by atoms with Crippen LogP contribution in [0.15, 0.2) is 71.3 Å². The molecular formula is C35H54F2N3O4P. The van der Waals surface area contributed by atoms with Gasteiger partial charge in [0.05, 0.1) is 27.0 Å². The summed E-state index contributed by atoms with van der Waals surface area (Å²) in [6.45, 7) is 13.5. The number of hydrogen-bond donors (Lipinski definition) is 1. The van der Waals surface area contributed by atoms with Gasteiger partial charge in [-0.2, -0.15) is 0 Å². The summed E-state index contributed by atoms with van der Waals surface area (Å²) >= 11 is 0. The van der Waals surface area contributed by atoms with Crippen LogP contribution in [0.25, 0.3) is 5.57 Å². The molecule has 4 rings (SSSR count). The minimum Gasteiger partial charge on any atom is -0.496 e. The summed E-state index contributed by atoms with van der Waals surface area (Å²) in [6, 6.07) is 8.01. The molecule has 3 atom stereocenters. The molecule has 252 valence electrons. The van der Waals surface area contributed by atoms with Crippen molar-refractivity contribution in [2.24, 2.45) is 10.9 Å². The van der Waals surface area contributed by atoms with E-state index >= 15 is 0 Å². The number of carbonyl (C=O) groups is 2. The quantitative estimate of drug-likeness (QED) is 0.174. The number of halogens is 2. The number of cyclic esters (lactones) is 1. The highest BCUT2D eigenvalue weighted by atomic mass is 31.0. The first-order chi connectivity index (χ1) is 21.8. The lowest BCUT2D eigenvalue weighted by Crippen LogP contribution is -2.37. The second-order valence-electron chi connectivity index (χ2n) is 10.6. The van der Waals surface area contributed by atoms with Crippen LogP contribution in [0.1, 0.15) is 71.8 Å². The molecule has 3 aliphatic rings. The molecule has 0 radical (unpaired) electrons. The number of nitrogens with zero attached hydrogens (tertiary/aromatic N) is 2. The van der Waals surface area contributed by atoms with Crippen LogP contribution in [-0.2, 0) is 9.53 Å². The Morgan fingerprint density at radius 1 is 1.16 bits per heavy atom. The monoisotopic (exact) mass is 649 g/mol. The normalized spacial score (nSPS) is 20.6. The Balaban J connectivity index is 0.000000660. The van der Waals surface area contributed by atoms with E-state index in [0.717, 1.165) is 35.2 Å². The summed E-state index contributed by atoms with van der Waals surface area (Å²) in [5.74, 6) is 3.11. The zero-order chi connectivity index (χ0) is 34.0. The molecule has 2 heterocycles. The lowest BCUT2D eigenvalue weighted by molar-refractivity contribution is -0.0980. The average Bonchev–Trinajstić information content (AvgIpc) is 3.36. The molecule has 0 spiro atoms. The topological polar surface area (TPSA) is 80.2 Å². The fraction of sp³-hybridized carbons (Fsp3) is 0.514. The van der Waals surface area contributed by atoms with Gasteiger partial charge in [-0.15, -0.1) is 9.24 Å². The lowest BCUT2D eigenvalue weighted by atomic mass is 9.91. The fourth-order valence-corrected chi connectivity index (χ4v) is 4.87. The number of amides is 1. The van der Waals surface area contributed by atoms with Crippen molar-refractivity contribution >= 4 is 33.4 Å². The van der Waals surface area contributed by atoms with E-state index in [9.17, 15) is 13.6 Å². The van der Waals surface area contributed by atoms with Crippen LogP contribution in [0.3, 0.4) is 0 Å². The van der Waals surface area contributed by atoms with Crippen molar-refractivity contribution in [3.8, 4) is 5.75 Å². The van der Waals surface area contributed by atoms with Crippen molar-refractivity contribution in [1.29, 1.82) is 0 Å². The third-order valence-corrected chi connectivity index (χ3v) is 7.51. The number of methoxy groups -OCH3 is 1. The highest BCUT2D eigenvalue weighted by Gasteiger charge is 2.27. The average molecular weight is 650 g/mol. The van der Waals surface area contributed by atoms with Gasteiger partial charge in [-0.05, 0) is 57.4 Å². The molecule has 1 aromatic carbocycles. The van der Waals surface area contributed by atoms with Crippen molar-refractivity contribution in [2.45, 2.75) is 78.4 Å². The zero-order valence-corrected chi connectivity index (χ0v) is 29.1. The summed E-state index contributed by atoms with van der Waals surface area (Å²) in [7, 11) is 4.49. The predicted octanol–water partition coefficient (Wildman–Crippen LogP) is 8.49. The molecule has 1 aliphatic carbocycles. The number of likely N-dealkylation sites (tertiary alicyclic amines) is 1. The summed E-state index contributed by atoms with van der Waals surface area (Å²) in [6.07, 6.45) is 15.9. The van der Waals surface area contributed by atoms with Gasteiger partial charge in [0.15, 0.2) is 0 Å². The maximum absolute atomic E-state index is 12.8. The number of ether oxygens (including phenoxy) is 2. The third kappa shape index (κ3) is 17.2. The van der Waals surface area contributed by atoms with Crippen LogP contribution in [0.2, 0.25) is 0 Å². The van der Waals surface area contributed by atoms with Gasteiger partial charge in [-0.25, -0.2) is 9.18 Å². The standard InChI is InChI=1S/C16H22N2O.C10H13FNO2P.C7H14.CH3F.CH2O/c1-4-14(13(2)17-12-18-10-7-11-18)15-8-5-6-9-16(15)19-3;1-7-9(14-10(13)12-7)4-2-3-8(11)5-6-15;1-7-5-3-2-4-6-7;2*1-2/h4-6,8-9H,7,10-12H2,1-3H3;2-7,9H,15H2,1H3,(H,12,13);7H,2-6H2,1H3;1H3;1H2/b14-4+,17-13-;4-2+,6-5-,8-3+;;;. The molecule has 3 fully saturated rings. The minimum atomic E-state index is -0.438. The Morgan fingerprint density at radius 2 is 1.80 bits per heavy atom. The molecule has 0 aromatic heterocycles. The van der Waals surface area contributed by atoms with E-state index in [0.29, 0.717) is 7.18 Å². The predicted molar refractivity (Wildman–Crippen MR) is 187 cm³/mol. The van der Waals surface area contributed by atoms with Gasteiger partial charge in [-0.3, -0.25) is 14.3 Å². The molecular weight excluding hydrogens is 595 g/mol. The highest BCUT2D eigenvalue weighted by Crippen LogP contribution is 2.27. The molecule has 1 amide bonds. The van der Waals surface area contributed by atoms with Crippen LogP contribution in [-0.4, -0.2) is 69.7 Å². The molecule has 7 nitrogen and oxygen atoms in total. The largest absolute Gasteiger partial charge is 0.496 e. The number of rotatable bonds is 8. The Bertz CT molecular complexity index is 1110. The van der Waals surface area contributed by atoms with Crippen LogP contribution >= 0.6 is 9.24 Å². The van der Waals surface area contributed by atoms with Gasteiger partial charge < -0.3 is 19.6 Å². The van der Waals surface area contributed by atoms with Gasteiger partial charge >= 0.3 is 6.09 Å². The molecule has 45 heavy (non-hydrogen) atoms. The van der Waals surface area contributed by atoms with Crippen LogP contribution < -0.4 is 10.1 Å². The molecule has 1 aromatic rings. The van der Waals surface area contributed by atoms with Crippen molar-refractivity contribution in [2.75, 3.05) is 34.0 Å². The van der Waals surface area contributed by atoms with Crippen LogP contribution in [0.4, 0.5) is 13.6 Å². The van der Waals surface area contributed by atoms with E-state index in [-0.39, 0.29) is 18.0 Å². The molecule has 1 saturated carbocycles. The number of aliphatic imine (C=N–C) groups is 1. The van der Waals surface area contributed by atoms with E-state index < -0.39 is 6.09 Å². The third-order valence-electron chi connectivity index (χ3n) is 7.32. The molecule has 1 N–H and O–H groups in total. The number of alkyl halides is 1. The van der Waals surface area contributed by atoms with Gasteiger partial charge in [0.2, 0.25) is 0 Å². The first kappa shape index (κ1) is 41.8. The van der Waals surface area contributed by atoms with E-state index in [1.807, 2.05) is 38.8 Å². The summed E-state index contributed by atoms with van der Waals surface area (Å²) in [5, 5.41) is 2.59. The first-order valence-corrected chi connectivity index (χ1v) is 16.0. The van der Waals surface area contributed by atoms with E-state index in [2.05, 4.69) is 50.4 Å². The SMILES string of the molecule is C/C=C(\C(C)=N/CN1CCC1)c1ccccc1OC.C=O.CC1CCCCC1.CC1NC(=O)OC1/C=C/C=C(F)\C=C/P.CF. The number of benzene rings is 1. The number of carbonyl (C=O) groups excluding carboxylic acids is 2. The van der Waals surface area contributed by atoms with E-state index in [1.54, 1.807) is 13.2 Å². The van der Waals surface area contributed by atoms with E-state index in [4.69, 9.17) is 14.3 Å². The second-order valence-corrected chi connectivity index (χ2v) is 11.0. The Morgan fingerprint density at radius 3 is 2.27 bits per heavy atom. The maximum Gasteiger partial charge on any atom is 0.408 e. The van der Waals surface area contributed by atoms with Gasteiger partial charge in [0.1, 0.15) is 24.5 Å². The molecule has 10 heteroatoms. The van der Waals surface area contributed by atoms with Crippen LogP contribution in [0, 0.1) is 5.92 Å². The van der Waals surface area contributed by atoms with Crippen molar-refractivity contribution in [3.05, 3.63) is 71.9 Å². The number of alkyl carbamates (subject to hydrolysis) is 1. The minimum absolute atomic E-state index is 0.0810.